The van der Waals surface area contributed by atoms with Crippen molar-refractivity contribution in [2.45, 2.75) is 18.9 Å². The summed E-state index contributed by atoms with van der Waals surface area (Å²) in [4.78, 5) is 0. The zero-order valence-corrected chi connectivity index (χ0v) is 9.35. The minimum absolute atomic E-state index is 0.0323. The van der Waals surface area contributed by atoms with Gasteiger partial charge in [-0.05, 0) is 30.5 Å². The highest BCUT2D eigenvalue weighted by Crippen LogP contribution is 2.25. The van der Waals surface area contributed by atoms with Crippen molar-refractivity contribution >= 4 is 23.2 Å². The predicted octanol–water partition coefficient (Wildman–Crippen LogP) is 3.44. The average Bonchev–Trinajstić information content (AvgIpc) is 2.12. The summed E-state index contributed by atoms with van der Waals surface area (Å²) in [5.41, 5.74) is 6.79. The molecular weight excluding hydrogens is 217 g/mol. The molecule has 0 saturated heterocycles. The van der Waals surface area contributed by atoms with Crippen molar-refractivity contribution in [3.63, 3.8) is 0 Å². The van der Waals surface area contributed by atoms with Crippen LogP contribution in [0.15, 0.2) is 30.9 Å². The number of halogens is 2. The molecule has 0 aliphatic heterocycles. The molecule has 1 aromatic rings. The van der Waals surface area contributed by atoms with E-state index in [1.807, 2.05) is 18.2 Å². The Bertz CT molecular complexity index is 303. The van der Waals surface area contributed by atoms with E-state index in [0.29, 0.717) is 16.5 Å². The van der Waals surface area contributed by atoms with Crippen LogP contribution < -0.4 is 5.73 Å². The molecule has 1 unspecified atom stereocenters. The molecule has 1 rings (SSSR count). The Hall–Kier alpha value is -0.500. The monoisotopic (exact) mass is 229 g/mol. The van der Waals surface area contributed by atoms with Crippen molar-refractivity contribution in [2.24, 2.45) is 5.73 Å². The molecule has 0 heterocycles. The second-order valence-electron chi connectivity index (χ2n) is 3.19. The molecule has 1 aromatic carbocycles. The molecule has 0 saturated carbocycles. The maximum Gasteiger partial charge on any atom is 0.0453 e. The van der Waals surface area contributed by atoms with Gasteiger partial charge in [0.05, 0.1) is 0 Å². The summed E-state index contributed by atoms with van der Waals surface area (Å²) in [7, 11) is 0. The molecule has 1 nitrogen and oxygen atoms in total. The van der Waals surface area contributed by atoms with Gasteiger partial charge in [-0.3, -0.25) is 0 Å². The lowest BCUT2D eigenvalue weighted by Crippen LogP contribution is -2.22. The van der Waals surface area contributed by atoms with Crippen LogP contribution in [0.2, 0.25) is 10.0 Å². The van der Waals surface area contributed by atoms with Gasteiger partial charge in [-0.15, -0.1) is 6.58 Å². The molecule has 0 radical (unpaired) electrons. The summed E-state index contributed by atoms with van der Waals surface area (Å²) in [6.07, 6.45) is 3.25. The van der Waals surface area contributed by atoms with Gasteiger partial charge in [0.25, 0.3) is 0 Å². The van der Waals surface area contributed by atoms with Gasteiger partial charge in [-0.25, -0.2) is 0 Å². The fourth-order valence-electron chi connectivity index (χ4n) is 1.29. The van der Waals surface area contributed by atoms with Crippen molar-refractivity contribution in [3.8, 4) is 0 Å². The van der Waals surface area contributed by atoms with Crippen LogP contribution in [0.4, 0.5) is 0 Å². The first-order valence-electron chi connectivity index (χ1n) is 4.44. The zero-order valence-electron chi connectivity index (χ0n) is 7.84. The Labute approximate surface area is 94.5 Å². The van der Waals surface area contributed by atoms with Crippen molar-refractivity contribution in [1.29, 1.82) is 0 Å². The Kier molecular flexibility index (Phi) is 4.46. The van der Waals surface area contributed by atoms with Crippen molar-refractivity contribution in [3.05, 3.63) is 46.5 Å². The van der Waals surface area contributed by atoms with E-state index in [-0.39, 0.29) is 6.04 Å². The van der Waals surface area contributed by atoms with E-state index in [1.54, 1.807) is 6.08 Å². The molecule has 76 valence electrons. The molecule has 3 heteroatoms. The second kappa shape index (κ2) is 5.40. The standard InChI is InChI=1S/C11H13Cl2N/c1-2-4-8(14)7-9-10(12)5-3-6-11(9)13/h2-3,5-6,8H,1,4,7,14H2. The Balaban J connectivity index is 2.80. The van der Waals surface area contributed by atoms with E-state index in [2.05, 4.69) is 6.58 Å². The first kappa shape index (κ1) is 11.6. The number of hydrogen-bond donors (Lipinski definition) is 1. The Morgan fingerprint density at radius 3 is 2.43 bits per heavy atom. The summed E-state index contributed by atoms with van der Waals surface area (Å²) < 4.78 is 0. The summed E-state index contributed by atoms with van der Waals surface area (Å²) >= 11 is 12.0. The second-order valence-corrected chi connectivity index (χ2v) is 4.00. The Morgan fingerprint density at radius 1 is 1.36 bits per heavy atom. The summed E-state index contributed by atoms with van der Waals surface area (Å²) in [6, 6.07) is 5.50. The third kappa shape index (κ3) is 3.02. The van der Waals surface area contributed by atoms with Gasteiger partial charge in [0.15, 0.2) is 0 Å². The van der Waals surface area contributed by atoms with Crippen LogP contribution >= 0.6 is 23.2 Å². The molecule has 0 fully saturated rings. The van der Waals surface area contributed by atoms with Crippen LogP contribution in [-0.2, 0) is 6.42 Å². The van der Waals surface area contributed by atoms with Crippen molar-refractivity contribution < 1.29 is 0 Å². The highest BCUT2D eigenvalue weighted by atomic mass is 35.5. The summed E-state index contributed by atoms with van der Waals surface area (Å²) in [5, 5.41) is 1.36. The average molecular weight is 230 g/mol. The van der Waals surface area contributed by atoms with E-state index in [9.17, 15) is 0 Å². The quantitative estimate of drug-likeness (QED) is 0.787. The molecule has 0 bridgehead atoms. The van der Waals surface area contributed by atoms with Crippen LogP contribution in [0.1, 0.15) is 12.0 Å². The molecule has 14 heavy (non-hydrogen) atoms. The van der Waals surface area contributed by atoms with Crippen LogP contribution in [0.3, 0.4) is 0 Å². The molecular formula is C11H13Cl2N. The summed E-state index contributed by atoms with van der Waals surface area (Å²) in [6.45, 7) is 3.64. The predicted molar refractivity (Wildman–Crippen MR) is 63.0 cm³/mol. The summed E-state index contributed by atoms with van der Waals surface area (Å²) in [5.74, 6) is 0. The third-order valence-electron chi connectivity index (χ3n) is 2.00. The van der Waals surface area contributed by atoms with Gasteiger partial charge in [0, 0.05) is 16.1 Å². The molecule has 0 amide bonds. The largest absolute Gasteiger partial charge is 0.327 e. The maximum atomic E-state index is 6.01. The van der Waals surface area contributed by atoms with Gasteiger partial charge in [0.2, 0.25) is 0 Å². The molecule has 0 aliphatic carbocycles. The molecule has 2 N–H and O–H groups in total. The van der Waals surface area contributed by atoms with E-state index in [0.717, 1.165) is 12.0 Å². The zero-order chi connectivity index (χ0) is 10.6. The van der Waals surface area contributed by atoms with Crippen LogP contribution in [0.25, 0.3) is 0 Å². The van der Waals surface area contributed by atoms with Crippen LogP contribution in [0.5, 0.6) is 0 Å². The van der Waals surface area contributed by atoms with Crippen molar-refractivity contribution in [2.75, 3.05) is 0 Å². The molecule has 0 aromatic heterocycles. The Morgan fingerprint density at radius 2 is 1.93 bits per heavy atom. The van der Waals surface area contributed by atoms with Crippen molar-refractivity contribution in [1.82, 2.24) is 0 Å². The fraction of sp³-hybridized carbons (Fsp3) is 0.273. The minimum atomic E-state index is 0.0323. The van der Waals surface area contributed by atoms with Gasteiger partial charge in [-0.1, -0.05) is 35.3 Å². The first-order valence-corrected chi connectivity index (χ1v) is 5.20. The van der Waals surface area contributed by atoms with Gasteiger partial charge < -0.3 is 5.73 Å². The number of nitrogens with two attached hydrogens (primary N) is 1. The van der Waals surface area contributed by atoms with E-state index in [4.69, 9.17) is 28.9 Å². The minimum Gasteiger partial charge on any atom is -0.327 e. The highest BCUT2D eigenvalue weighted by molar-refractivity contribution is 6.35. The lowest BCUT2D eigenvalue weighted by Gasteiger charge is -2.11. The number of hydrogen-bond acceptors (Lipinski definition) is 1. The normalized spacial score (nSPS) is 12.5. The number of benzene rings is 1. The van der Waals surface area contributed by atoms with E-state index >= 15 is 0 Å². The first-order chi connectivity index (χ1) is 6.65. The SMILES string of the molecule is C=CCC(N)Cc1c(Cl)cccc1Cl. The van der Waals surface area contributed by atoms with E-state index in [1.165, 1.54) is 0 Å². The highest BCUT2D eigenvalue weighted by Gasteiger charge is 2.09. The van der Waals surface area contributed by atoms with Gasteiger partial charge >= 0.3 is 0 Å². The maximum absolute atomic E-state index is 6.01. The number of rotatable bonds is 4. The van der Waals surface area contributed by atoms with E-state index < -0.39 is 0 Å². The molecule has 0 aliphatic rings. The lowest BCUT2D eigenvalue weighted by molar-refractivity contribution is 0.680. The van der Waals surface area contributed by atoms with Crippen LogP contribution in [0, 0.1) is 0 Å². The molecule has 1 atom stereocenters. The smallest absolute Gasteiger partial charge is 0.0453 e. The fourth-order valence-corrected chi connectivity index (χ4v) is 1.84. The lowest BCUT2D eigenvalue weighted by atomic mass is 10.0. The molecule has 0 spiro atoms. The third-order valence-corrected chi connectivity index (χ3v) is 2.71. The topological polar surface area (TPSA) is 26.0 Å². The van der Waals surface area contributed by atoms with Crippen LogP contribution in [-0.4, -0.2) is 6.04 Å². The van der Waals surface area contributed by atoms with Gasteiger partial charge in [0.1, 0.15) is 0 Å². The van der Waals surface area contributed by atoms with Gasteiger partial charge in [-0.2, -0.15) is 0 Å².